The number of thioether (sulfide) groups is 1. The lowest BCUT2D eigenvalue weighted by Crippen LogP contribution is -2.21. The zero-order chi connectivity index (χ0) is 12.4. The third kappa shape index (κ3) is 1.99. The summed E-state index contributed by atoms with van der Waals surface area (Å²) in [6.07, 6.45) is 0. The molecular weight excluding hydrogens is 231 g/mol. The molecule has 0 fully saturated rings. The summed E-state index contributed by atoms with van der Waals surface area (Å²) >= 11 is 0.899. The van der Waals surface area contributed by atoms with Crippen LogP contribution in [0.15, 0.2) is 33.9 Å². The molecule has 0 aliphatic carbocycles. The molecular formula is C9H9FN4OS. The molecule has 7 heteroatoms. The van der Waals surface area contributed by atoms with Crippen LogP contribution in [-0.2, 0) is 7.05 Å². The fourth-order valence-corrected chi connectivity index (χ4v) is 1.64. The van der Waals surface area contributed by atoms with Gasteiger partial charge >= 0.3 is 5.69 Å². The molecule has 0 bridgehead atoms. The Morgan fingerprint density at radius 2 is 2.38 bits per heavy atom. The van der Waals surface area contributed by atoms with Crippen molar-refractivity contribution in [2.24, 2.45) is 7.05 Å². The highest BCUT2D eigenvalue weighted by atomic mass is 32.2. The van der Waals surface area contributed by atoms with Gasteiger partial charge in [-0.3, -0.25) is 0 Å². The van der Waals surface area contributed by atoms with E-state index in [0.717, 1.165) is 21.1 Å². The number of aryl methyl sites for hydroxylation is 1. The third-order valence-electron chi connectivity index (χ3n) is 1.91. The van der Waals surface area contributed by atoms with Gasteiger partial charge in [0, 0.05) is 11.9 Å². The first-order valence-corrected chi connectivity index (χ1v) is 5.41. The van der Waals surface area contributed by atoms with Crippen molar-refractivity contribution < 1.29 is 5.76 Å². The van der Waals surface area contributed by atoms with Crippen molar-refractivity contribution in [3.8, 4) is 5.69 Å². The lowest BCUT2D eigenvalue weighted by molar-refractivity contribution is 0.605. The minimum Gasteiger partial charge on any atom is -0.244 e. The minimum atomic E-state index is -0.620. The lowest BCUT2D eigenvalue weighted by Gasteiger charge is -2.00. The SMILES string of the molecule is [3H]c1c(SCF)cccc1-n1nnn(C)c1=O. The van der Waals surface area contributed by atoms with Gasteiger partial charge in [-0.05, 0) is 28.6 Å². The Kier molecular flexibility index (Phi) is 2.68. The zero-order valence-corrected chi connectivity index (χ0v) is 9.24. The first kappa shape index (κ1) is 9.59. The van der Waals surface area contributed by atoms with E-state index in [0.29, 0.717) is 10.6 Å². The zero-order valence-electron chi connectivity index (χ0n) is 9.42. The van der Waals surface area contributed by atoms with Gasteiger partial charge in [0.15, 0.2) is 0 Å². The van der Waals surface area contributed by atoms with Crippen molar-refractivity contribution in [1.29, 1.82) is 0 Å². The summed E-state index contributed by atoms with van der Waals surface area (Å²) in [6.45, 7) is 0. The van der Waals surface area contributed by atoms with Crippen LogP contribution in [-0.4, -0.2) is 25.8 Å². The maximum absolute atomic E-state index is 12.3. The summed E-state index contributed by atoms with van der Waals surface area (Å²) in [5, 5.41) is 7.20. The standard InChI is InChI=1S/C9H9FN4OS/c1-13-9(15)14(12-11-13)7-3-2-4-8(5-7)16-6-10/h2-5H,6H2,1H3/i5T. The summed E-state index contributed by atoms with van der Waals surface area (Å²) in [7, 11) is 1.47. The summed E-state index contributed by atoms with van der Waals surface area (Å²) in [5.41, 5.74) is -0.151. The molecule has 2 aromatic rings. The second-order valence-corrected chi connectivity index (χ2v) is 3.90. The van der Waals surface area contributed by atoms with Gasteiger partial charge in [0.25, 0.3) is 0 Å². The number of benzene rings is 1. The summed E-state index contributed by atoms with van der Waals surface area (Å²) in [4.78, 5) is 12.1. The predicted octanol–water partition coefficient (Wildman–Crippen LogP) is 0.985. The molecule has 0 unspecified atom stereocenters. The van der Waals surface area contributed by atoms with E-state index >= 15 is 0 Å². The van der Waals surface area contributed by atoms with Crippen molar-refractivity contribution in [3.63, 3.8) is 0 Å². The van der Waals surface area contributed by atoms with E-state index < -0.39 is 11.7 Å². The highest BCUT2D eigenvalue weighted by Gasteiger charge is 2.06. The number of hydrogen-bond donors (Lipinski definition) is 0. The molecule has 1 aromatic heterocycles. The molecule has 0 aliphatic rings. The molecule has 0 atom stereocenters. The first-order chi connectivity index (χ1) is 8.15. The first-order valence-electron chi connectivity index (χ1n) is 4.93. The number of alkyl halides is 1. The normalized spacial score (nSPS) is 11.5. The Labute approximate surface area is 96.3 Å². The minimum absolute atomic E-state index is 0.0674. The predicted molar refractivity (Wildman–Crippen MR) is 58.4 cm³/mol. The van der Waals surface area contributed by atoms with Gasteiger partial charge in [0.05, 0.1) is 7.06 Å². The van der Waals surface area contributed by atoms with Crippen molar-refractivity contribution in [1.82, 2.24) is 19.8 Å². The van der Waals surface area contributed by atoms with Crippen molar-refractivity contribution >= 4 is 11.8 Å². The second kappa shape index (κ2) is 4.48. The van der Waals surface area contributed by atoms with Crippen molar-refractivity contribution in [2.45, 2.75) is 4.90 Å². The Morgan fingerprint density at radius 3 is 3.00 bits per heavy atom. The number of hydrogen-bond acceptors (Lipinski definition) is 4. The van der Waals surface area contributed by atoms with Crippen molar-refractivity contribution in [3.05, 3.63) is 34.7 Å². The maximum atomic E-state index is 12.3. The molecule has 0 amide bonds. The van der Waals surface area contributed by atoms with Gasteiger partial charge in [-0.25, -0.2) is 9.18 Å². The van der Waals surface area contributed by atoms with E-state index in [1.807, 2.05) is 0 Å². The Balaban J connectivity index is 2.56. The summed E-state index contributed by atoms with van der Waals surface area (Å²) in [6, 6.07) is 4.28. The molecule has 84 valence electrons. The number of halogens is 1. The van der Waals surface area contributed by atoms with Gasteiger partial charge in [0.2, 0.25) is 0 Å². The van der Waals surface area contributed by atoms with Crippen LogP contribution in [0.4, 0.5) is 4.39 Å². The molecule has 2 rings (SSSR count). The Hall–Kier alpha value is -1.63. The van der Waals surface area contributed by atoms with Gasteiger partial charge in [0.1, 0.15) is 6.01 Å². The van der Waals surface area contributed by atoms with Gasteiger partial charge in [-0.2, -0.15) is 9.36 Å². The van der Waals surface area contributed by atoms with Crippen LogP contribution < -0.4 is 5.69 Å². The molecule has 1 heterocycles. The molecule has 1 aromatic carbocycles. The van der Waals surface area contributed by atoms with Crippen LogP contribution in [0.25, 0.3) is 5.69 Å². The topological polar surface area (TPSA) is 52.7 Å². The molecule has 0 saturated carbocycles. The van der Waals surface area contributed by atoms with Crippen LogP contribution in [0.1, 0.15) is 1.37 Å². The molecule has 0 N–H and O–H groups in total. The number of rotatable bonds is 3. The van der Waals surface area contributed by atoms with E-state index in [1.54, 1.807) is 18.2 Å². The van der Waals surface area contributed by atoms with E-state index in [1.165, 1.54) is 7.05 Å². The van der Waals surface area contributed by atoms with Crippen LogP contribution in [0, 0.1) is 0 Å². The highest BCUT2D eigenvalue weighted by molar-refractivity contribution is 7.99. The maximum Gasteiger partial charge on any atom is 0.368 e. The smallest absolute Gasteiger partial charge is 0.244 e. The molecule has 0 aliphatic heterocycles. The second-order valence-electron chi connectivity index (χ2n) is 2.95. The number of aromatic nitrogens is 4. The van der Waals surface area contributed by atoms with E-state index in [-0.39, 0.29) is 6.04 Å². The Bertz CT molecular complexity index is 597. The monoisotopic (exact) mass is 242 g/mol. The van der Waals surface area contributed by atoms with E-state index in [2.05, 4.69) is 10.4 Å². The van der Waals surface area contributed by atoms with E-state index in [4.69, 9.17) is 1.37 Å². The van der Waals surface area contributed by atoms with Crippen LogP contribution >= 0.6 is 11.8 Å². The molecule has 16 heavy (non-hydrogen) atoms. The average Bonchev–Trinajstić information content (AvgIpc) is 2.64. The lowest BCUT2D eigenvalue weighted by atomic mass is 10.3. The van der Waals surface area contributed by atoms with Gasteiger partial charge < -0.3 is 0 Å². The van der Waals surface area contributed by atoms with E-state index in [9.17, 15) is 9.18 Å². The number of tetrazole rings is 1. The molecule has 0 spiro atoms. The molecule has 0 radical (unpaired) electrons. The van der Waals surface area contributed by atoms with Gasteiger partial charge in [-0.15, -0.1) is 0 Å². The largest absolute Gasteiger partial charge is 0.368 e. The average molecular weight is 242 g/mol. The van der Waals surface area contributed by atoms with Crippen molar-refractivity contribution in [2.75, 3.05) is 6.01 Å². The quantitative estimate of drug-likeness (QED) is 0.753. The third-order valence-corrected chi connectivity index (χ3v) is 2.57. The summed E-state index contributed by atoms with van der Waals surface area (Å²) in [5.74, 6) is 0. The van der Waals surface area contributed by atoms with Crippen LogP contribution in [0.2, 0.25) is 0 Å². The fraction of sp³-hybridized carbons (Fsp3) is 0.222. The molecule has 0 saturated heterocycles. The fourth-order valence-electron chi connectivity index (χ4n) is 1.17. The Morgan fingerprint density at radius 1 is 1.56 bits per heavy atom. The number of nitrogens with zero attached hydrogens (tertiary/aromatic N) is 4. The van der Waals surface area contributed by atoms with Gasteiger partial charge in [-0.1, -0.05) is 17.8 Å². The summed E-state index contributed by atoms with van der Waals surface area (Å²) < 4.78 is 22.2. The highest BCUT2D eigenvalue weighted by Crippen LogP contribution is 2.19. The molecule has 5 nitrogen and oxygen atoms in total. The van der Waals surface area contributed by atoms with Crippen LogP contribution in [0.5, 0.6) is 0 Å². The van der Waals surface area contributed by atoms with Crippen LogP contribution in [0.3, 0.4) is 0 Å².